The number of thiophene rings is 1. The van der Waals surface area contributed by atoms with Crippen molar-refractivity contribution >= 4 is 38.9 Å². The molecule has 0 bridgehead atoms. The van der Waals surface area contributed by atoms with Gasteiger partial charge < -0.3 is 4.74 Å². The number of ether oxygens (including phenoxy) is 1. The first-order chi connectivity index (χ1) is 9.37. The number of carbonyl (C=O) groups excluding carboxylic acids is 1. The minimum absolute atomic E-state index is 0.0373. The maximum absolute atomic E-state index is 12.7. The molecular formula is C12H16ClNO4S2. The fraction of sp³-hybridized carbons (Fsp3) is 0.583. The van der Waals surface area contributed by atoms with Gasteiger partial charge in [0.25, 0.3) is 0 Å². The summed E-state index contributed by atoms with van der Waals surface area (Å²) in [7, 11) is -2.50. The summed E-state index contributed by atoms with van der Waals surface area (Å²) >= 11 is 6.80. The Morgan fingerprint density at radius 2 is 2.20 bits per heavy atom. The Labute approximate surface area is 127 Å². The maximum Gasteiger partial charge on any atom is 0.349 e. The third-order valence-electron chi connectivity index (χ3n) is 3.37. The van der Waals surface area contributed by atoms with Gasteiger partial charge in [-0.3, -0.25) is 0 Å². The molecule has 0 aliphatic carbocycles. The Kier molecular flexibility index (Phi) is 4.73. The van der Waals surface area contributed by atoms with E-state index in [0.29, 0.717) is 6.54 Å². The number of hydrogen-bond donors (Lipinski definition) is 0. The lowest BCUT2D eigenvalue weighted by Gasteiger charge is -2.32. The van der Waals surface area contributed by atoms with Crippen molar-refractivity contribution < 1.29 is 17.9 Å². The smallest absolute Gasteiger partial charge is 0.349 e. The standard InChI is InChI=1S/C12H16ClNO4S2/c1-8-5-3-4-6-14(8)20(16,17)9-7-10(13)19-11(9)12(15)18-2/h7-8H,3-6H2,1-2H3/t8-/m1/s1. The molecule has 20 heavy (non-hydrogen) atoms. The first-order valence-corrected chi connectivity index (χ1v) is 8.91. The van der Waals surface area contributed by atoms with Gasteiger partial charge in [0.1, 0.15) is 9.77 Å². The molecule has 0 N–H and O–H groups in total. The van der Waals surface area contributed by atoms with Gasteiger partial charge in [0, 0.05) is 12.6 Å². The van der Waals surface area contributed by atoms with Crippen LogP contribution in [0, 0.1) is 0 Å². The van der Waals surface area contributed by atoms with E-state index < -0.39 is 16.0 Å². The molecule has 2 rings (SSSR count). The predicted octanol–water partition coefficient (Wildman–Crippen LogP) is 2.75. The van der Waals surface area contributed by atoms with Crippen molar-refractivity contribution in [1.82, 2.24) is 4.31 Å². The van der Waals surface area contributed by atoms with Gasteiger partial charge in [0.2, 0.25) is 10.0 Å². The van der Waals surface area contributed by atoms with Gasteiger partial charge in [-0.2, -0.15) is 4.31 Å². The zero-order valence-electron chi connectivity index (χ0n) is 11.3. The van der Waals surface area contributed by atoms with Crippen LogP contribution in [0.5, 0.6) is 0 Å². The van der Waals surface area contributed by atoms with E-state index in [2.05, 4.69) is 4.74 Å². The highest BCUT2D eigenvalue weighted by Gasteiger charge is 2.35. The van der Waals surface area contributed by atoms with Crippen LogP contribution in [-0.4, -0.2) is 38.4 Å². The minimum atomic E-state index is -3.72. The van der Waals surface area contributed by atoms with Crippen LogP contribution in [0.25, 0.3) is 0 Å². The van der Waals surface area contributed by atoms with E-state index >= 15 is 0 Å². The third-order valence-corrected chi connectivity index (χ3v) is 6.78. The Hall–Kier alpha value is -0.630. The predicted molar refractivity (Wildman–Crippen MR) is 77.9 cm³/mol. The molecule has 1 fully saturated rings. The molecule has 1 aliphatic rings. The highest BCUT2D eigenvalue weighted by Crippen LogP contribution is 2.34. The number of sulfonamides is 1. The number of halogens is 1. The van der Waals surface area contributed by atoms with Crippen LogP contribution in [0.2, 0.25) is 4.34 Å². The minimum Gasteiger partial charge on any atom is -0.465 e. The second kappa shape index (κ2) is 6.01. The Balaban J connectivity index is 2.46. The number of nitrogens with zero attached hydrogens (tertiary/aromatic N) is 1. The molecule has 0 aromatic carbocycles. The largest absolute Gasteiger partial charge is 0.465 e. The molecule has 1 aromatic heterocycles. The van der Waals surface area contributed by atoms with Gasteiger partial charge in [-0.1, -0.05) is 18.0 Å². The van der Waals surface area contributed by atoms with Crippen LogP contribution in [0.3, 0.4) is 0 Å². The van der Waals surface area contributed by atoms with Crippen LogP contribution in [-0.2, 0) is 14.8 Å². The highest BCUT2D eigenvalue weighted by atomic mass is 35.5. The molecule has 1 aliphatic heterocycles. The second-order valence-electron chi connectivity index (χ2n) is 4.70. The van der Waals surface area contributed by atoms with Crippen LogP contribution < -0.4 is 0 Å². The summed E-state index contributed by atoms with van der Waals surface area (Å²) in [4.78, 5) is 11.7. The van der Waals surface area contributed by atoms with Gasteiger partial charge in [-0.25, -0.2) is 13.2 Å². The Morgan fingerprint density at radius 1 is 1.50 bits per heavy atom. The van der Waals surface area contributed by atoms with Crippen molar-refractivity contribution in [3.63, 3.8) is 0 Å². The summed E-state index contributed by atoms with van der Waals surface area (Å²) in [6.07, 6.45) is 2.67. The fourth-order valence-electron chi connectivity index (χ4n) is 2.33. The van der Waals surface area contributed by atoms with Crippen molar-refractivity contribution in [2.75, 3.05) is 13.7 Å². The molecule has 112 valence electrons. The molecule has 0 amide bonds. The zero-order valence-corrected chi connectivity index (χ0v) is 13.6. The van der Waals surface area contributed by atoms with Crippen LogP contribution in [0.15, 0.2) is 11.0 Å². The summed E-state index contributed by atoms with van der Waals surface area (Å²) in [6, 6.07) is 1.26. The molecule has 2 heterocycles. The molecule has 1 atom stereocenters. The SMILES string of the molecule is COC(=O)c1sc(Cl)cc1S(=O)(=O)N1CCCC[C@H]1C. The topological polar surface area (TPSA) is 63.7 Å². The Bertz CT molecular complexity index is 611. The molecular weight excluding hydrogens is 322 g/mol. The second-order valence-corrected chi connectivity index (χ2v) is 8.24. The van der Waals surface area contributed by atoms with Crippen molar-refractivity contribution in [1.29, 1.82) is 0 Å². The fourth-order valence-corrected chi connectivity index (χ4v) is 5.73. The molecule has 0 spiro atoms. The van der Waals surface area contributed by atoms with Crippen LogP contribution >= 0.6 is 22.9 Å². The summed E-state index contributed by atoms with van der Waals surface area (Å²) in [5, 5.41) is 0. The van der Waals surface area contributed by atoms with Gasteiger partial charge in [-0.15, -0.1) is 11.3 Å². The number of piperidine rings is 1. The average molecular weight is 338 g/mol. The monoisotopic (exact) mass is 337 g/mol. The lowest BCUT2D eigenvalue weighted by atomic mass is 10.1. The quantitative estimate of drug-likeness (QED) is 0.795. The number of esters is 1. The van der Waals surface area contributed by atoms with E-state index in [1.165, 1.54) is 17.5 Å². The van der Waals surface area contributed by atoms with Crippen molar-refractivity contribution in [3.8, 4) is 0 Å². The molecule has 1 saturated heterocycles. The molecule has 0 saturated carbocycles. The summed E-state index contributed by atoms with van der Waals surface area (Å²) in [5.74, 6) is -0.676. The summed E-state index contributed by atoms with van der Waals surface area (Å²) in [5.41, 5.74) is 0. The summed E-state index contributed by atoms with van der Waals surface area (Å²) in [6.45, 7) is 2.35. The number of methoxy groups -OCH3 is 1. The first-order valence-electron chi connectivity index (χ1n) is 6.27. The van der Waals surface area contributed by atoms with Crippen LogP contribution in [0.4, 0.5) is 0 Å². The van der Waals surface area contributed by atoms with Crippen molar-refractivity contribution in [2.45, 2.75) is 37.1 Å². The molecule has 0 unspecified atom stereocenters. The van der Waals surface area contributed by atoms with Gasteiger partial charge in [0.05, 0.1) is 11.4 Å². The maximum atomic E-state index is 12.7. The first kappa shape index (κ1) is 15.8. The van der Waals surface area contributed by atoms with E-state index in [1.807, 2.05) is 6.92 Å². The molecule has 8 heteroatoms. The van der Waals surface area contributed by atoms with Crippen LogP contribution in [0.1, 0.15) is 35.9 Å². The highest BCUT2D eigenvalue weighted by molar-refractivity contribution is 7.89. The lowest BCUT2D eigenvalue weighted by Crippen LogP contribution is -2.42. The lowest BCUT2D eigenvalue weighted by molar-refractivity contribution is 0.0602. The Morgan fingerprint density at radius 3 is 2.80 bits per heavy atom. The van der Waals surface area contributed by atoms with E-state index in [-0.39, 0.29) is 20.2 Å². The van der Waals surface area contributed by atoms with Crippen molar-refractivity contribution in [3.05, 3.63) is 15.3 Å². The molecule has 1 aromatic rings. The van der Waals surface area contributed by atoms with E-state index in [0.717, 1.165) is 30.6 Å². The van der Waals surface area contributed by atoms with Gasteiger partial charge in [0.15, 0.2) is 0 Å². The number of carbonyl (C=O) groups is 1. The van der Waals surface area contributed by atoms with Gasteiger partial charge in [-0.05, 0) is 25.8 Å². The van der Waals surface area contributed by atoms with E-state index in [9.17, 15) is 13.2 Å². The normalized spacial score (nSPS) is 20.9. The van der Waals surface area contributed by atoms with Crippen molar-refractivity contribution in [2.24, 2.45) is 0 Å². The third kappa shape index (κ3) is 2.86. The van der Waals surface area contributed by atoms with E-state index in [1.54, 1.807) is 0 Å². The van der Waals surface area contributed by atoms with E-state index in [4.69, 9.17) is 11.6 Å². The number of hydrogen-bond acceptors (Lipinski definition) is 5. The molecule has 0 radical (unpaired) electrons. The number of rotatable bonds is 3. The average Bonchev–Trinajstić information content (AvgIpc) is 2.81. The molecule has 5 nitrogen and oxygen atoms in total. The van der Waals surface area contributed by atoms with Gasteiger partial charge >= 0.3 is 5.97 Å². The zero-order chi connectivity index (χ0) is 14.9. The summed E-state index contributed by atoms with van der Waals surface area (Å²) < 4.78 is 31.8.